The molecule has 2 N–H and O–H groups in total. The minimum Gasteiger partial charge on any atom is -0.380 e. The Morgan fingerprint density at radius 1 is 1.17 bits per heavy atom. The molecule has 3 rings (SSSR count). The summed E-state index contributed by atoms with van der Waals surface area (Å²) in [4.78, 5) is 14.2. The second-order valence-corrected chi connectivity index (χ2v) is 9.43. The third-order valence-corrected chi connectivity index (χ3v) is 7.19. The Morgan fingerprint density at radius 2 is 1.83 bits per heavy atom. The smallest absolute Gasteiger partial charge is 0.244 e. The molecule has 10 heteroatoms. The van der Waals surface area contributed by atoms with Gasteiger partial charge in [-0.15, -0.1) is 0 Å². The molecule has 1 aliphatic rings. The Bertz CT molecular complexity index is 979. The lowest BCUT2D eigenvalue weighted by Gasteiger charge is -2.33. The fourth-order valence-corrected chi connectivity index (χ4v) is 5.42. The summed E-state index contributed by atoms with van der Waals surface area (Å²) >= 11 is 11.9. The summed E-state index contributed by atoms with van der Waals surface area (Å²) in [6.45, 7) is 1.33. The van der Waals surface area contributed by atoms with E-state index in [-0.39, 0.29) is 21.0 Å². The number of carbonyl (C=O) groups excluding carboxylic acids is 1. The predicted octanol–water partition coefficient (Wildman–Crippen LogP) is 3.53. The Balaban J connectivity index is 1.57. The van der Waals surface area contributed by atoms with Crippen molar-refractivity contribution in [3.05, 3.63) is 52.5 Å². The minimum atomic E-state index is -4.03. The van der Waals surface area contributed by atoms with E-state index in [1.165, 1.54) is 12.1 Å². The minimum absolute atomic E-state index is 0.0144. The number of ether oxygens (including phenoxy) is 1. The van der Waals surface area contributed by atoms with Crippen molar-refractivity contribution in [2.24, 2.45) is 0 Å². The van der Waals surface area contributed by atoms with Crippen LogP contribution in [0.1, 0.15) is 12.8 Å². The molecule has 0 aliphatic carbocycles. The second-order valence-electron chi connectivity index (χ2n) is 6.92. The van der Waals surface area contributed by atoms with Gasteiger partial charge in [0.05, 0.1) is 22.7 Å². The molecule has 1 unspecified atom stereocenters. The maximum Gasteiger partial charge on any atom is 0.244 e. The zero-order valence-electron chi connectivity index (χ0n) is 16.4. The number of anilines is 2. The summed E-state index contributed by atoms with van der Waals surface area (Å²) in [7, 11) is -2.31. The number of halogens is 2. The first-order valence-electron chi connectivity index (χ1n) is 9.41. The van der Waals surface area contributed by atoms with E-state index in [2.05, 4.69) is 14.9 Å². The molecule has 1 heterocycles. The van der Waals surface area contributed by atoms with Crippen molar-refractivity contribution in [2.45, 2.75) is 23.8 Å². The summed E-state index contributed by atoms with van der Waals surface area (Å²) in [5.74, 6) is -0.507. The number of sulfonamides is 1. The number of nitrogens with zero attached hydrogens (tertiary/aromatic N) is 1. The van der Waals surface area contributed by atoms with Gasteiger partial charge < -0.3 is 15.0 Å². The van der Waals surface area contributed by atoms with Gasteiger partial charge in [-0.05, 0) is 49.2 Å². The quantitative estimate of drug-likeness (QED) is 0.644. The van der Waals surface area contributed by atoms with Gasteiger partial charge in [0, 0.05) is 31.6 Å². The van der Waals surface area contributed by atoms with Crippen LogP contribution in [-0.4, -0.2) is 47.2 Å². The SMILES string of the molecule is COC1CCCN(c2ccc(NC(=O)CNS(=O)(=O)c3c(Cl)cccc3Cl)cc2)C1. The zero-order valence-corrected chi connectivity index (χ0v) is 18.7. The Morgan fingerprint density at radius 3 is 2.47 bits per heavy atom. The lowest BCUT2D eigenvalue weighted by Crippen LogP contribution is -2.39. The summed E-state index contributed by atoms with van der Waals surface area (Å²) in [6.07, 6.45) is 2.33. The molecule has 0 aromatic heterocycles. The van der Waals surface area contributed by atoms with E-state index in [0.29, 0.717) is 5.69 Å². The lowest BCUT2D eigenvalue weighted by molar-refractivity contribution is -0.115. The largest absolute Gasteiger partial charge is 0.380 e. The van der Waals surface area contributed by atoms with E-state index in [0.717, 1.165) is 31.6 Å². The van der Waals surface area contributed by atoms with Gasteiger partial charge in [-0.2, -0.15) is 0 Å². The zero-order chi connectivity index (χ0) is 21.7. The number of nitrogens with one attached hydrogen (secondary N) is 2. The van der Waals surface area contributed by atoms with E-state index in [9.17, 15) is 13.2 Å². The van der Waals surface area contributed by atoms with Crippen LogP contribution in [0, 0.1) is 0 Å². The summed E-state index contributed by atoms with van der Waals surface area (Å²) < 4.78 is 32.5. The molecule has 0 spiro atoms. The number of piperidine rings is 1. The van der Waals surface area contributed by atoms with Gasteiger partial charge >= 0.3 is 0 Å². The predicted molar refractivity (Wildman–Crippen MR) is 119 cm³/mol. The molecule has 1 amide bonds. The highest BCUT2D eigenvalue weighted by Crippen LogP contribution is 2.28. The standard InChI is InChI=1S/C20H23Cl2N3O4S/c1-29-16-4-3-11-25(13-16)15-9-7-14(8-10-15)24-19(26)12-23-30(27,28)20-17(21)5-2-6-18(20)22/h2,5-10,16,23H,3-4,11-13H2,1H3,(H,24,26). The molecule has 1 fully saturated rings. The molecule has 1 saturated heterocycles. The first-order valence-corrected chi connectivity index (χ1v) is 11.7. The van der Waals surface area contributed by atoms with Crippen LogP contribution in [0.5, 0.6) is 0 Å². The normalized spacial score (nSPS) is 17.0. The van der Waals surface area contributed by atoms with Gasteiger partial charge in [0.15, 0.2) is 0 Å². The highest BCUT2D eigenvalue weighted by atomic mass is 35.5. The van der Waals surface area contributed by atoms with Crippen LogP contribution < -0.4 is 14.9 Å². The summed E-state index contributed by atoms with van der Waals surface area (Å²) in [6, 6.07) is 11.8. The van der Waals surface area contributed by atoms with Crippen LogP contribution in [0.25, 0.3) is 0 Å². The van der Waals surface area contributed by atoms with Gasteiger partial charge in [-0.1, -0.05) is 29.3 Å². The van der Waals surface area contributed by atoms with Gasteiger partial charge in [-0.25, -0.2) is 13.1 Å². The maximum atomic E-state index is 12.4. The Labute approximate surface area is 186 Å². The second kappa shape index (κ2) is 9.98. The molecule has 2 aromatic carbocycles. The van der Waals surface area contributed by atoms with Crippen molar-refractivity contribution in [1.29, 1.82) is 0 Å². The highest BCUT2D eigenvalue weighted by molar-refractivity contribution is 7.89. The summed E-state index contributed by atoms with van der Waals surface area (Å²) in [5.41, 5.74) is 1.61. The van der Waals surface area contributed by atoms with Crippen molar-refractivity contribution in [3.63, 3.8) is 0 Å². The molecule has 2 aromatic rings. The van der Waals surface area contributed by atoms with E-state index < -0.39 is 22.5 Å². The topological polar surface area (TPSA) is 87.7 Å². The van der Waals surface area contributed by atoms with Crippen LogP contribution >= 0.6 is 23.2 Å². The van der Waals surface area contributed by atoms with Gasteiger partial charge in [0.2, 0.25) is 15.9 Å². The van der Waals surface area contributed by atoms with Crippen LogP contribution in [0.3, 0.4) is 0 Å². The van der Waals surface area contributed by atoms with E-state index in [1.54, 1.807) is 25.3 Å². The van der Waals surface area contributed by atoms with Crippen LogP contribution in [-0.2, 0) is 19.6 Å². The van der Waals surface area contributed by atoms with Crippen LogP contribution in [0.4, 0.5) is 11.4 Å². The van der Waals surface area contributed by atoms with Crippen LogP contribution in [0.2, 0.25) is 10.0 Å². The van der Waals surface area contributed by atoms with E-state index >= 15 is 0 Å². The van der Waals surface area contributed by atoms with Crippen molar-refractivity contribution in [2.75, 3.05) is 37.0 Å². The third-order valence-electron chi connectivity index (χ3n) is 4.84. The average Bonchev–Trinajstić information content (AvgIpc) is 2.73. The Hall–Kier alpha value is -1.84. The van der Waals surface area contributed by atoms with E-state index in [4.69, 9.17) is 27.9 Å². The molecule has 7 nitrogen and oxygen atoms in total. The molecule has 1 aliphatic heterocycles. The van der Waals surface area contributed by atoms with Gasteiger partial charge in [-0.3, -0.25) is 4.79 Å². The lowest BCUT2D eigenvalue weighted by atomic mass is 10.1. The molecule has 0 saturated carbocycles. The summed E-state index contributed by atoms with van der Waals surface area (Å²) in [5, 5.41) is 2.64. The highest BCUT2D eigenvalue weighted by Gasteiger charge is 2.22. The third kappa shape index (κ3) is 5.65. The number of carbonyl (C=O) groups is 1. The number of methoxy groups -OCH3 is 1. The first kappa shape index (κ1) is 22.8. The average molecular weight is 472 g/mol. The molecular formula is C20H23Cl2N3O4S. The maximum absolute atomic E-state index is 12.4. The molecule has 0 radical (unpaired) electrons. The van der Waals surface area contributed by atoms with Crippen molar-refractivity contribution >= 4 is 50.5 Å². The van der Waals surface area contributed by atoms with Crippen molar-refractivity contribution in [1.82, 2.24) is 4.72 Å². The first-order chi connectivity index (χ1) is 14.3. The number of hydrogen-bond acceptors (Lipinski definition) is 5. The van der Waals surface area contributed by atoms with E-state index in [1.807, 2.05) is 12.1 Å². The number of hydrogen-bond donors (Lipinski definition) is 2. The number of amides is 1. The molecule has 0 bridgehead atoms. The Kier molecular flexibility index (Phi) is 7.60. The molecule has 30 heavy (non-hydrogen) atoms. The van der Waals surface area contributed by atoms with Crippen molar-refractivity contribution < 1.29 is 17.9 Å². The van der Waals surface area contributed by atoms with Gasteiger partial charge in [0.1, 0.15) is 4.90 Å². The van der Waals surface area contributed by atoms with Gasteiger partial charge in [0.25, 0.3) is 0 Å². The fraction of sp³-hybridized carbons (Fsp3) is 0.350. The van der Waals surface area contributed by atoms with Crippen molar-refractivity contribution in [3.8, 4) is 0 Å². The molecule has 1 atom stereocenters. The molecular weight excluding hydrogens is 449 g/mol. The fourth-order valence-electron chi connectivity index (χ4n) is 3.30. The molecule has 162 valence electrons. The number of benzene rings is 2. The number of rotatable bonds is 7. The monoisotopic (exact) mass is 471 g/mol. The van der Waals surface area contributed by atoms with Crippen LogP contribution in [0.15, 0.2) is 47.4 Å².